The third-order valence-corrected chi connectivity index (χ3v) is 5.75. The zero-order valence-corrected chi connectivity index (χ0v) is 16.8. The lowest BCUT2D eigenvalue weighted by Gasteiger charge is -2.19. The van der Waals surface area contributed by atoms with Crippen LogP contribution in [0.5, 0.6) is 0 Å². The number of thiophene rings is 1. The molecule has 0 aliphatic heterocycles. The zero-order chi connectivity index (χ0) is 18.8. The highest BCUT2D eigenvalue weighted by Crippen LogP contribution is 2.31. The van der Waals surface area contributed by atoms with Gasteiger partial charge in [0.05, 0.1) is 22.6 Å². The van der Waals surface area contributed by atoms with Crippen LogP contribution in [0.2, 0.25) is 0 Å². The fourth-order valence-electron chi connectivity index (χ4n) is 3.51. The van der Waals surface area contributed by atoms with Crippen molar-refractivity contribution in [2.45, 2.75) is 33.5 Å². The van der Waals surface area contributed by atoms with Crippen molar-refractivity contribution in [1.29, 1.82) is 0 Å². The molecule has 3 aromatic heterocycles. The third kappa shape index (κ3) is 3.66. The number of imidazole rings is 1. The molecule has 4 rings (SSSR count). The highest BCUT2D eigenvalue weighted by atomic mass is 32.1. The molecule has 27 heavy (non-hydrogen) atoms. The first-order valence-corrected chi connectivity index (χ1v) is 10.2. The maximum Gasteiger partial charge on any atom is 0.122 e. The second-order valence-electron chi connectivity index (χ2n) is 6.92. The van der Waals surface area contributed by atoms with Gasteiger partial charge in [-0.05, 0) is 49.5 Å². The van der Waals surface area contributed by atoms with Crippen LogP contribution in [0.4, 0.5) is 0 Å². The predicted octanol–water partition coefficient (Wildman–Crippen LogP) is 5.12. The second-order valence-corrected chi connectivity index (χ2v) is 7.87. The van der Waals surface area contributed by atoms with Gasteiger partial charge in [0.25, 0.3) is 0 Å². The smallest absolute Gasteiger partial charge is 0.122 e. The molecule has 0 aliphatic carbocycles. The molecule has 0 radical (unpaired) electrons. The molecule has 1 aromatic carbocycles. The summed E-state index contributed by atoms with van der Waals surface area (Å²) in [7, 11) is 2.15. The Morgan fingerprint density at radius 2 is 2.04 bits per heavy atom. The maximum absolute atomic E-state index is 5.06. The lowest BCUT2D eigenvalue weighted by molar-refractivity contribution is 0.305. The summed E-state index contributed by atoms with van der Waals surface area (Å²) in [5.74, 6) is 1.10. The number of fused-ring (bicyclic) bond motifs is 1. The van der Waals surface area contributed by atoms with Gasteiger partial charge in [-0.3, -0.25) is 4.90 Å². The van der Waals surface area contributed by atoms with E-state index >= 15 is 0 Å². The molecule has 0 unspecified atom stereocenters. The summed E-state index contributed by atoms with van der Waals surface area (Å²) in [6.07, 6.45) is 3.92. The highest BCUT2D eigenvalue weighted by Gasteiger charge is 2.14. The lowest BCUT2D eigenvalue weighted by Crippen LogP contribution is -2.20. The summed E-state index contributed by atoms with van der Waals surface area (Å²) in [5.41, 5.74) is 4.66. The van der Waals surface area contributed by atoms with Crippen molar-refractivity contribution >= 4 is 22.2 Å². The van der Waals surface area contributed by atoms with Crippen molar-refractivity contribution in [3.63, 3.8) is 0 Å². The molecule has 3 heterocycles. The van der Waals surface area contributed by atoms with Crippen LogP contribution < -0.4 is 0 Å². The van der Waals surface area contributed by atoms with Gasteiger partial charge in [0.15, 0.2) is 0 Å². The molecule has 0 amide bonds. The minimum Gasteiger partial charge on any atom is -0.334 e. The Labute approximate surface area is 164 Å². The molecule has 0 bridgehead atoms. The van der Waals surface area contributed by atoms with E-state index in [1.807, 2.05) is 12.4 Å². The molecule has 0 atom stereocenters. The van der Waals surface area contributed by atoms with Crippen LogP contribution in [0.3, 0.4) is 0 Å². The predicted molar refractivity (Wildman–Crippen MR) is 113 cm³/mol. The van der Waals surface area contributed by atoms with Crippen LogP contribution in [0.15, 0.2) is 54.2 Å². The molecule has 0 saturated carbocycles. The Kier molecular flexibility index (Phi) is 5.05. The summed E-state index contributed by atoms with van der Waals surface area (Å²) in [5, 5.41) is 3.32. The van der Waals surface area contributed by atoms with Crippen molar-refractivity contribution in [3.05, 3.63) is 71.1 Å². The molecule has 0 fully saturated rings. The number of hydrogen-bond donors (Lipinski definition) is 0. The van der Waals surface area contributed by atoms with Gasteiger partial charge in [0, 0.05) is 30.9 Å². The Morgan fingerprint density at radius 1 is 1.15 bits per heavy atom. The van der Waals surface area contributed by atoms with E-state index in [0.29, 0.717) is 0 Å². The number of rotatable bonds is 6. The Bertz CT molecular complexity index is 1050. The van der Waals surface area contributed by atoms with Crippen molar-refractivity contribution in [3.8, 4) is 10.6 Å². The minimum absolute atomic E-state index is 0.816. The summed E-state index contributed by atoms with van der Waals surface area (Å²) >= 11 is 1.75. The Balaban J connectivity index is 1.70. The monoisotopic (exact) mass is 376 g/mol. The average molecular weight is 377 g/mol. The number of pyridine rings is 1. The van der Waals surface area contributed by atoms with Crippen molar-refractivity contribution in [2.75, 3.05) is 7.05 Å². The molecule has 5 heteroatoms. The molecule has 0 saturated heterocycles. The lowest BCUT2D eigenvalue weighted by atomic mass is 10.0. The molecule has 0 aliphatic rings. The van der Waals surface area contributed by atoms with Gasteiger partial charge in [-0.2, -0.15) is 0 Å². The number of para-hydroxylation sites is 1. The van der Waals surface area contributed by atoms with Gasteiger partial charge in [0.1, 0.15) is 5.82 Å². The number of aryl methyl sites for hydroxylation is 2. The van der Waals surface area contributed by atoms with Crippen LogP contribution in [0.25, 0.3) is 21.5 Å². The standard InChI is InChI=1S/C22H24N4S/c1-4-26-11-10-23-20(26)15-25(3)14-18-13-17-8-5-7-16(2)21(17)24-22(18)19-9-6-12-27-19/h5-13H,4,14-15H2,1-3H3. The molecule has 0 spiro atoms. The molecular formula is C22H24N4S. The first kappa shape index (κ1) is 17.9. The van der Waals surface area contributed by atoms with Gasteiger partial charge in [-0.25, -0.2) is 9.97 Å². The molecule has 4 aromatic rings. The molecule has 138 valence electrons. The fourth-order valence-corrected chi connectivity index (χ4v) is 4.25. The van der Waals surface area contributed by atoms with E-state index in [-0.39, 0.29) is 0 Å². The third-order valence-electron chi connectivity index (χ3n) is 4.88. The van der Waals surface area contributed by atoms with Crippen LogP contribution in [-0.2, 0) is 19.6 Å². The van der Waals surface area contributed by atoms with Crippen LogP contribution in [0.1, 0.15) is 23.9 Å². The van der Waals surface area contributed by atoms with Gasteiger partial charge >= 0.3 is 0 Å². The zero-order valence-electron chi connectivity index (χ0n) is 16.0. The van der Waals surface area contributed by atoms with Gasteiger partial charge < -0.3 is 4.57 Å². The summed E-state index contributed by atoms with van der Waals surface area (Å²) in [6.45, 7) is 6.87. The van der Waals surface area contributed by atoms with Crippen molar-refractivity contribution in [2.24, 2.45) is 0 Å². The molecule has 0 N–H and O–H groups in total. The summed E-state index contributed by atoms with van der Waals surface area (Å²) < 4.78 is 2.19. The van der Waals surface area contributed by atoms with Crippen LogP contribution >= 0.6 is 11.3 Å². The summed E-state index contributed by atoms with van der Waals surface area (Å²) in [6, 6.07) is 12.9. The first-order valence-electron chi connectivity index (χ1n) is 9.27. The van der Waals surface area contributed by atoms with Gasteiger partial charge in [0.2, 0.25) is 0 Å². The van der Waals surface area contributed by atoms with E-state index in [4.69, 9.17) is 4.98 Å². The average Bonchev–Trinajstić information content (AvgIpc) is 3.33. The van der Waals surface area contributed by atoms with Crippen LogP contribution in [-0.4, -0.2) is 26.5 Å². The van der Waals surface area contributed by atoms with E-state index < -0.39 is 0 Å². The number of benzene rings is 1. The van der Waals surface area contributed by atoms with Gasteiger partial charge in [-0.15, -0.1) is 11.3 Å². The quantitative estimate of drug-likeness (QED) is 0.468. The second kappa shape index (κ2) is 7.62. The van der Waals surface area contributed by atoms with E-state index in [1.165, 1.54) is 21.4 Å². The van der Waals surface area contributed by atoms with E-state index in [2.05, 4.69) is 77.1 Å². The first-order chi connectivity index (χ1) is 13.2. The number of nitrogens with zero attached hydrogens (tertiary/aromatic N) is 4. The van der Waals surface area contributed by atoms with Gasteiger partial charge in [-0.1, -0.05) is 24.3 Å². The Hall–Kier alpha value is -2.50. The Morgan fingerprint density at radius 3 is 2.81 bits per heavy atom. The molecular weight excluding hydrogens is 352 g/mol. The van der Waals surface area contributed by atoms with E-state index in [1.54, 1.807) is 11.3 Å². The number of hydrogen-bond acceptors (Lipinski definition) is 4. The van der Waals surface area contributed by atoms with Crippen molar-refractivity contribution in [1.82, 2.24) is 19.4 Å². The molecule has 4 nitrogen and oxygen atoms in total. The SMILES string of the molecule is CCn1ccnc1CN(C)Cc1cc2cccc(C)c2nc1-c1cccs1. The largest absolute Gasteiger partial charge is 0.334 e. The maximum atomic E-state index is 5.06. The van der Waals surface area contributed by atoms with Crippen molar-refractivity contribution < 1.29 is 0 Å². The highest BCUT2D eigenvalue weighted by molar-refractivity contribution is 7.13. The topological polar surface area (TPSA) is 34.0 Å². The minimum atomic E-state index is 0.816. The van der Waals surface area contributed by atoms with E-state index in [0.717, 1.165) is 36.7 Å². The summed E-state index contributed by atoms with van der Waals surface area (Å²) in [4.78, 5) is 13.1. The van der Waals surface area contributed by atoms with E-state index in [9.17, 15) is 0 Å². The number of aromatic nitrogens is 3. The van der Waals surface area contributed by atoms with Crippen LogP contribution in [0, 0.1) is 6.92 Å². The normalized spacial score (nSPS) is 11.6. The fraction of sp³-hybridized carbons (Fsp3) is 0.273.